The second kappa shape index (κ2) is 7.12. The number of ether oxygens (including phenoxy) is 2. The minimum atomic E-state index is 0.0608. The van der Waals surface area contributed by atoms with E-state index in [0.717, 1.165) is 12.8 Å². The van der Waals surface area contributed by atoms with Crippen molar-refractivity contribution in [2.45, 2.75) is 59.2 Å². The molecule has 1 saturated heterocycles. The second-order valence-corrected chi connectivity index (χ2v) is 5.61. The first-order valence-electron chi connectivity index (χ1n) is 6.76. The molecule has 0 N–H and O–H groups in total. The van der Waals surface area contributed by atoms with E-state index in [-0.39, 0.29) is 24.4 Å². The van der Waals surface area contributed by atoms with E-state index in [0.29, 0.717) is 18.6 Å². The molecule has 0 saturated carbocycles. The number of hydrogen-bond donors (Lipinski definition) is 0. The van der Waals surface area contributed by atoms with Gasteiger partial charge in [-0.25, -0.2) is 0 Å². The summed E-state index contributed by atoms with van der Waals surface area (Å²) in [7, 11) is 0. The van der Waals surface area contributed by atoms with Gasteiger partial charge in [-0.05, 0) is 25.2 Å². The van der Waals surface area contributed by atoms with Crippen LogP contribution in [0.2, 0.25) is 0 Å². The first-order chi connectivity index (χ1) is 8.00. The summed E-state index contributed by atoms with van der Waals surface area (Å²) in [5.74, 6) is 0.794. The number of carbonyl (C=O) groups is 1. The monoisotopic (exact) mass is 242 g/mol. The first-order valence-corrected chi connectivity index (χ1v) is 6.76. The van der Waals surface area contributed by atoms with Crippen molar-refractivity contribution in [1.82, 2.24) is 0 Å². The molecule has 0 aromatic heterocycles. The Morgan fingerprint density at radius 2 is 2.00 bits per heavy atom. The van der Waals surface area contributed by atoms with Gasteiger partial charge in [-0.15, -0.1) is 0 Å². The van der Waals surface area contributed by atoms with Crippen LogP contribution in [-0.2, 0) is 14.3 Å². The van der Waals surface area contributed by atoms with Crippen LogP contribution in [0.4, 0.5) is 0 Å². The highest BCUT2D eigenvalue weighted by molar-refractivity contribution is 5.81. The summed E-state index contributed by atoms with van der Waals surface area (Å²) in [5.41, 5.74) is 0. The van der Waals surface area contributed by atoms with E-state index in [9.17, 15) is 4.79 Å². The van der Waals surface area contributed by atoms with E-state index in [1.54, 1.807) is 0 Å². The molecule has 2 unspecified atom stereocenters. The molecule has 100 valence electrons. The van der Waals surface area contributed by atoms with E-state index in [1.807, 2.05) is 13.8 Å². The molecule has 1 fully saturated rings. The summed E-state index contributed by atoms with van der Waals surface area (Å²) >= 11 is 0. The van der Waals surface area contributed by atoms with Crippen LogP contribution in [0.15, 0.2) is 0 Å². The SMILES string of the molecule is CC(C)C(=O)COCC1CCCC(C(C)C)O1. The zero-order chi connectivity index (χ0) is 12.8. The highest BCUT2D eigenvalue weighted by atomic mass is 16.5. The van der Waals surface area contributed by atoms with Crippen molar-refractivity contribution in [3.05, 3.63) is 0 Å². The lowest BCUT2D eigenvalue weighted by Crippen LogP contribution is -2.34. The molecular weight excluding hydrogens is 216 g/mol. The van der Waals surface area contributed by atoms with Gasteiger partial charge in [0.15, 0.2) is 5.78 Å². The zero-order valence-corrected chi connectivity index (χ0v) is 11.6. The maximum Gasteiger partial charge on any atom is 0.160 e. The molecule has 0 aliphatic carbocycles. The molecule has 0 aromatic carbocycles. The number of Topliss-reactive ketones (excluding diaryl/α,β-unsaturated/α-hetero) is 1. The van der Waals surface area contributed by atoms with Gasteiger partial charge in [0.05, 0.1) is 18.8 Å². The van der Waals surface area contributed by atoms with E-state index in [4.69, 9.17) is 9.47 Å². The van der Waals surface area contributed by atoms with Crippen molar-refractivity contribution in [1.29, 1.82) is 0 Å². The Balaban J connectivity index is 2.21. The maximum absolute atomic E-state index is 11.4. The first kappa shape index (κ1) is 14.7. The highest BCUT2D eigenvalue weighted by Gasteiger charge is 2.24. The average Bonchev–Trinajstić information content (AvgIpc) is 2.29. The lowest BCUT2D eigenvalue weighted by molar-refractivity contribution is -0.132. The molecule has 0 radical (unpaired) electrons. The molecule has 0 amide bonds. The number of rotatable bonds is 6. The summed E-state index contributed by atoms with van der Waals surface area (Å²) in [4.78, 5) is 11.4. The Kier molecular flexibility index (Phi) is 6.14. The van der Waals surface area contributed by atoms with Gasteiger partial charge in [0.1, 0.15) is 6.61 Å². The van der Waals surface area contributed by atoms with E-state index in [1.165, 1.54) is 6.42 Å². The summed E-state index contributed by atoms with van der Waals surface area (Å²) in [5, 5.41) is 0. The fourth-order valence-electron chi connectivity index (χ4n) is 2.00. The van der Waals surface area contributed by atoms with Crippen LogP contribution in [0.1, 0.15) is 47.0 Å². The fourth-order valence-corrected chi connectivity index (χ4v) is 2.00. The molecule has 1 aliphatic heterocycles. The number of carbonyl (C=O) groups excluding carboxylic acids is 1. The number of hydrogen-bond acceptors (Lipinski definition) is 3. The van der Waals surface area contributed by atoms with Gasteiger partial charge in [-0.2, -0.15) is 0 Å². The second-order valence-electron chi connectivity index (χ2n) is 5.61. The normalized spacial score (nSPS) is 25.5. The van der Waals surface area contributed by atoms with Crippen molar-refractivity contribution < 1.29 is 14.3 Å². The molecule has 0 bridgehead atoms. The van der Waals surface area contributed by atoms with E-state index >= 15 is 0 Å². The Morgan fingerprint density at radius 3 is 2.59 bits per heavy atom. The van der Waals surface area contributed by atoms with Gasteiger partial charge in [-0.1, -0.05) is 27.7 Å². The third-order valence-corrected chi connectivity index (χ3v) is 3.32. The van der Waals surface area contributed by atoms with Gasteiger partial charge in [0, 0.05) is 5.92 Å². The van der Waals surface area contributed by atoms with Crippen molar-refractivity contribution in [3.63, 3.8) is 0 Å². The predicted molar refractivity (Wildman–Crippen MR) is 68.0 cm³/mol. The van der Waals surface area contributed by atoms with Gasteiger partial charge < -0.3 is 9.47 Å². The summed E-state index contributed by atoms with van der Waals surface area (Å²) in [6.07, 6.45) is 3.95. The third kappa shape index (κ3) is 5.17. The Bertz CT molecular complexity index is 236. The van der Waals surface area contributed by atoms with Gasteiger partial charge >= 0.3 is 0 Å². The van der Waals surface area contributed by atoms with Crippen molar-refractivity contribution in [2.24, 2.45) is 11.8 Å². The van der Waals surface area contributed by atoms with E-state index < -0.39 is 0 Å². The van der Waals surface area contributed by atoms with Crippen LogP contribution in [-0.4, -0.2) is 31.2 Å². The molecule has 17 heavy (non-hydrogen) atoms. The van der Waals surface area contributed by atoms with Gasteiger partial charge in [0.25, 0.3) is 0 Å². The molecule has 1 heterocycles. The van der Waals surface area contributed by atoms with Crippen LogP contribution >= 0.6 is 0 Å². The maximum atomic E-state index is 11.4. The Labute approximate surface area is 105 Å². The topological polar surface area (TPSA) is 35.5 Å². The van der Waals surface area contributed by atoms with Crippen LogP contribution < -0.4 is 0 Å². The van der Waals surface area contributed by atoms with Crippen molar-refractivity contribution in [3.8, 4) is 0 Å². The molecule has 3 nitrogen and oxygen atoms in total. The van der Waals surface area contributed by atoms with Crippen molar-refractivity contribution >= 4 is 5.78 Å². The standard InChI is InChI=1S/C14H26O3/c1-10(2)13(15)9-16-8-12-6-5-7-14(17-12)11(3)4/h10-12,14H,5-9H2,1-4H3. The quantitative estimate of drug-likeness (QED) is 0.718. The third-order valence-electron chi connectivity index (χ3n) is 3.32. The molecule has 0 spiro atoms. The fraction of sp³-hybridized carbons (Fsp3) is 0.929. The molecule has 3 heteroatoms. The lowest BCUT2D eigenvalue weighted by Gasteiger charge is -2.32. The molecule has 1 rings (SSSR count). The highest BCUT2D eigenvalue weighted by Crippen LogP contribution is 2.24. The molecule has 1 aliphatic rings. The van der Waals surface area contributed by atoms with Crippen LogP contribution in [0.25, 0.3) is 0 Å². The summed E-state index contributed by atoms with van der Waals surface area (Å²) < 4.78 is 11.4. The minimum absolute atomic E-state index is 0.0608. The largest absolute Gasteiger partial charge is 0.372 e. The minimum Gasteiger partial charge on any atom is -0.372 e. The molecule has 0 aromatic rings. The predicted octanol–water partition coefficient (Wildman–Crippen LogP) is 2.82. The molecule has 2 atom stereocenters. The zero-order valence-electron chi connectivity index (χ0n) is 11.6. The average molecular weight is 242 g/mol. The van der Waals surface area contributed by atoms with E-state index in [2.05, 4.69) is 13.8 Å². The van der Waals surface area contributed by atoms with Gasteiger partial charge in [-0.3, -0.25) is 4.79 Å². The van der Waals surface area contributed by atoms with Gasteiger partial charge in [0.2, 0.25) is 0 Å². The Morgan fingerprint density at radius 1 is 1.29 bits per heavy atom. The van der Waals surface area contributed by atoms with Crippen LogP contribution in [0, 0.1) is 11.8 Å². The summed E-state index contributed by atoms with van der Waals surface area (Å²) in [6.45, 7) is 8.97. The van der Waals surface area contributed by atoms with Crippen molar-refractivity contribution in [2.75, 3.05) is 13.2 Å². The number of ketones is 1. The Hall–Kier alpha value is -0.410. The van der Waals surface area contributed by atoms with Crippen LogP contribution in [0.5, 0.6) is 0 Å². The van der Waals surface area contributed by atoms with Crippen LogP contribution in [0.3, 0.4) is 0 Å². The summed E-state index contributed by atoms with van der Waals surface area (Å²) in [6, 6.07) is 0. The lowest BCUT2D eigenvalue weighted by atomic mass is 9.96. The smallest absolute Gasteiger partial charge is 0.160 e. The molecular formula is C14H26O3.